The minimum absolute atomic E-state index is 0.0885. The summed E-state index contributed by atoms with van der Waals surface area (Å²) in [6.07, 6.45) is 4.48. The molecular weight excluding hydrogens is 308 g/mol. The molecule has 0 spiro atoms. The summed E-state index contributed by atoms with van der Waals surface area (Å²) in [5, 5.41) is 20.8. The van der Waals surface area contributed by atoms with Crippen LogP contribution in [-0.4, -0.2) is 60.2 Å². The Labute approximate surface area is 132 Å². The van der Waals surface area contributed by atoms with Crippen molar-refractivity contribution in [3.05, 3.63) is 29.3 Å². The largest absolute Gasteiger partial charge is 0.388 e. The van der Waals surface area contributed by atoms with Gasteiger partial charge in [-0.1, -0.05) is 18.5 Å². The summed E-state index contributed by atoms with van der Waals surface area (Å²) in [5.41, 5.74) is -0.881. The number of aliphatic hydroxyl groups is 2. The molecular formula is C14H17ClN4O3. The number of amides is 1. The highest BCUT2D eigenvalue weighted by molar-refractivity contribution is 6.30. The molecule has 22 heavy (non-hydrogen) atoms. The molecule has 0 radical (unpaired) electrons. The molecule has 2 aromatic heterocycles. The molecule has 0 bridgehead atoms. The average Bonchev–Trinajstić information content (AvgIpc) is 2.92. The summed E-state index contributed by atoms with van der Waals surface area (Å²) in [5.74, 6) is 0.0918. The Hall–Kier alpha value is -1.70. The fourth-order valence-electron chi connectivity index (χ4n) is 2.69. The summed E-state index contributed by atoms with van der Waals surface area (Å²) >= 11 is 5.86. The Morgan fingerprint density at radius 1 is 1.55 bits per heavy atom. The van der Waals surface area contributed by atoms with E-state index in [0.717, 1.165) is 0 Å². The van der Waals surface area contributed by atoms with Gasteiger partial charge in [0.05, 0.1) is 16.8 Å². The van der Waals surface area contributed by atoms with Gasteiger partial charge in [0.2, 0.25) is 5.78 Å². The van der Waals surface area contributed by atoms with Gasteiger partial charge in [-0.2, -0.15) is 0 Å². The van der Waals surface area contributed by atoms with E-state index in [9.17, 15) is 15.0 Å². The second-order valence-electron chi connectivity index (χ2n) is 5.58. The zero-order chi connectivity index (χ0) is 15.9. The lowest BCUT2D eigenvalue weighted by Gasteiger charge is -2.41. The van der Waals surface area contributed by atoms with Gasteiger partial charge in [-0.25, -0.2) is 9.97 Å². The molecule has 1 amide bonds. The molecule has 1 aliphatic rings. The standard InChI is InChI=1S/C14H17ClN4O3/c1-2-14(22)3-4-18(8-11(14)20)12(21)10-7-19-6-9(15)5-16-13(19)17-10/h5-7,11,20,22H,2-4,8H2,1H3/t11-,14-/m1/s1. The number of halogens is 1. The maximum atomic E-state index is 12.5. The van der Waals surface area contributed by atoms with Gasteiger partial charge >= 0.3 is 0 Å². The molecule has 2 N–H and O–H groups in total. The van der Waals surface area contributed by atoms with Crippen LogP contribution in [0, 0.1) is 0 Å². The molecule has 2 atom stereocenters. The van der Waals surface area contributed by atoms with Crippen LogP contribution in [0.25, 0.3) is 5.78 Å². The fraction of sp³-hybridized carbons (Fsp3) is 0.500. The highest BCUT2D eigenvalue weighted by Gasteiger charge is 2.40. The molecule has 1 aliphatic heterocycles. The molecule has 3 rings (SSSR count). The smallest absolute Gasteiger partial charge is 0.274 e. The van der Waals surface area contributed by atoms with Crippen molar-refractivity contribution in [1.82, 2.24) is 19.3 Å². The van der Waals surface area contributed by atoms with Gasteiger partial charge in [-0.05, 0) is 12.8 Å². The minimum Gasteiger partial charge on any atom is -0.388 e. The Morgan fingerprint density at radius 3 is 3.00 bits per heavy atom. The molecule has 1 fully saturated rings. The Morgan fingerprint density at radius 2 is 2.32 bits per heavy atom. The third kappa shape index (κ3) is 2.55. The van der Waals surface area contributed by atoms with E-state index in [4.69, 9.17) is 11.6 Å². The van der Waals surface area contributed by atoms with Gasteiger partial charge in [0.25, 0.3) is 5.91 Å². The van der Waals surface area contributed by atoms with E-state index in [2.05, 4.69) is 9.97 Å². The summed E-state index contributed by atoms with van der Waals surface area (Å²) in [7, 11) is 0. The molecule has 0 saturated carbocycles. The summed E-state index contributed by atoms with van der Waals surface area (Å²) in [6, 6.07) is 0. The van der Waals surface area contributed by atoms with Crippen molar-refractivity contribution in [2.45, 2.75) is 31.5 Å². The number of aliphatic hydroxyl groups excluding tert-OH is 1. The van der Waals surface area contributed by atoms with Crippen LogP contribution in [0.2, 0.25) is 5.02 Å². The van der Waals surface area contributed by atoms with Crippen LogP contribution in [0.4, 0.5) is 0 Å². The van der Waals surface area contributed by atoms with E-state index in [1.807, 2.05) is 6.92 Å². The number of rotatable bonds is 2. The average molecular weight is 325 g/mol. The van der Waals surface area contributed by atoms with Crippen molar-refractivity contribution in [2.24, 2.45) is 0 Å². The number of likely N-dealkylation sites (tertiary alicyclic amines) is 1. The number of fused-ring (bicyclic) bond motifs is 1. The van der Waals surface area contributed by atoms with E-state index in [1.54, 1.807) is 16.8 Å². The van der Waals surface area contributed by atoms with Gasteiger partial charge in [0.15, 0.2) is 0 Å². The number of nitrogens with zero attached hydrogens (tertiary/aromatic N) is 4. The predicted molar refractivity (Wildman–Crippen MR) is 79.8 cm³/mol. The highest BCUT2D eigenvalue weighted by Crippen LogP contribution is 2.26. The normalized spacial score (nSPS) is 25.6. The zero-order valence-corrected chi connectivity index (χ0v) is 12.9. The van der Waals surface area contributed by atoms with Crippen molar-refractivity contribution in [3.8, 4) is 0 Å². The van der Waals surface area contributed by atoms with Crippen LogP contribution < -0.4 is 0 Å². The van der Waals surface area contributed by atoms with Crippen LogP contribution >= 0.6 is 11.6 Å². The van der Waals surface area contributed by atoms with Gasteiger partial charge in [0.1, 0.15) is 11.8 Å². The quantitative estimate of drug-likeness (QED) is 0.850. The minimum atomic E-state index is -1.12. The summed E-state index contributed by atoms with van der Waals surface area (Å²) < 4.78 is 1.58. The van der Waals surface area contributed by atoms with Crippen LogP contribution in [0.15, 0.2) is 18.6 Å². The second-order valence-corrected chi connectivity index (χ2v) is 6.02. The number of piperidine rings is 1. The van der Waals surface area contributed by atoms with Crippen molar-refractivity contribution in [2.75, 3.05) is 13.1 Å². The van der Waals surface area contributed by atoms with Gasteiger partial charge in [0, 0.05) is 25.5 Å². The van der Waals surface area contributed by atoms with E-state index < -0.39 is 11.7 Å². The third-order valence-electron chi connectivity index (χ3n) is 4.23. The molecule has 118 valence electrons. The first-order valence-electron chi connectivity index (χ1n) is 7.13. The molecule has 3 heterocycles. The van der Waals surface area contributed by atoms with Crippen molar-refractivity contribution >= 4 is 23.3 Å². The number of aromatic nitrogens is 3. The highest BCUT2D eigenvalue weighted by atomic mass is 35.5. The van der Waals surface area contributed by atoms with E-state index in [1.165, 1.54) is 11.1 Å². The molecule has 0 unspecified atom stereocenters. The Bertz CT molecular complexity index is 719. The van der Waals surface area contributed by atoms with Crippen molar-refractivity contribution < 1.29 is 15.0 Å². The number of carbonyl (C=O) groups is 1. The van der Waals surface area contributed by atoms with E-state index in [0.29, 0.717) is 30.2 Å². The predicted octanol–water partition coefficient (Wildman–Crippen LogP) is 0.731. The topological polar surface area (TPSA) is 91.0 Å². The second kappa shape index (κ2) is 5.49. The third-order valence-corrected chi connectivity index (χ3v) is 4.42. The number of imidazole rings is 1. The van der Waals surface area contributed by atoms with Crippen LogP contribution in [-0.2, 0) is 0 Å². The fourth-order valence-corrected chi connectivity index (χ4v) is 2.84. The van der Waals surface area contributed by atoms with Crippen molar-refractivity contribution in [1.29, 1.82) is 0 Å². The first-order chi connectivity index (χ1) is 10.4. The Kier molecular flexibility index (Phi) is 3.80. The van der Waals surface area contributed by atoms with Crippen LogP contribution in [0.5, 0.6) is 0 Å². The van der Waals surface area contributed by atoms with Gasteiger partial charge < -0.3 is 15.1 Å². The van der Waals surface area contributed by atoms with Crippen LogP contribution in [0.3, 0.4) is 0 Å². The summed E-state index contributed by atoms with van der Waals surface area (Å²) in [4.78, 5) is 22.2. The Balaban J connectivity index is 1.81. The van der Waals surface area contributed by atoms with Gasteiger partial charge in [-0.15, -0.1) is 0 Å². The molecule has 2 aromatic rings. The first-order valence-corrected chi connectivity index (χ1v) is 7.51. The lowest BCUT2D eigenvalue weighted by Crippen LogP contribution is -2.56. The lowest BCUT2D eigenvalue weighted by atomic mass is 9.86. The lowest BCUT2D eigenvalue weighted by molar-refractivity contribution is -0.114. The SMILES string of the molecule is CC[C@@]1(O)CCN(C(=O)c2cn3cc(Cl)cnc3n2)C[C@H]1O. The monoisotopic (exact) mass is 324 g/mol. The molecule has 0 aromatic carbocycles. The van der Waals surface area contributed by atoms with E-state index in [-0.39, 0.29) is 18.1 Å². The molecule has 0 aliphatic carbocycles. The number of carbonyl (C=O) groups excluding carboxylic acids is 1. The maximum absolute atomic E-state index is 12.5. The first kappa shape index (κ1) is 15.2. The van der Waals surface area contributed by atoms with Gasteiger partial charge in [-0.3, -0.25) is 9.20 Å². The van der Waals surface area contributed by atoms with Crippen molar-refractivity contribution in [3.63, 3.8) is 0 Å². The number of hydrogen-bond acceptors (Lipinski definition) is 5. The van der Waals surface area contributed by atoms with E-state index >= 15 is 0 Å². The number of β-amino-alcohol motifs (C(OH)–C–C–N with tert-alkyl or cyclic N) is 1. The molecule has 8 heteroatoms. The molecule has 7 nitrogen and oxygen atoms in total. The number of hydrogen-bond donors (Lipinski definition) is 2. The zero-order valence-electron chi connectivity index (χ0n) is 12.1. The maximum Gasteiger partial charge on any atom is 0.274 e. The molecule has 1 saturated heterocycles. The van der Waals surface area contributed by atoms with Crippen LogP contribution in [0.1, 0.15) is 30.3 Å². The summed E-state index contributed by atoms with van der Waals surface area (Å²) in [6.45, 7) is 2.28.